The van der Waals surface area contributed by atoms with Crippen LogP contribution in [0.15, 0.2) is 47.4 Å². The van der Waals surface area contributed by atoms with Crippen LogP contribution in [0.1, 0.15) is 17.3 Å². The normalized spacial score (nSPS) is 11.7. The van der Waals surface area contributed by atoms with Crippen molar-refractivity contribution in [1.29, 1.82) is 0 Å². The number of anilines is 1. The van der Waals surface area contributed by atoms with E-state index >= 15 is 0 Å². The standard InChI is InChI=1S/C17H15F2NO3S/c1-10(17(22)23-2)24-15-6-4-3-5-12(15)16(21)20-14-9-11(18)7-8-13(14)19/h3-10H,1-2H3,(H,20,21). The van der Waals surface area contributed by atoms with Gasteiger partial charge in [-0.05, 0) is 31.2 Å². The molecule has 126 valence electrons. The van der Waals surface area contributed by atoms with E-state index in [-0.39, 0.29) is 11.3 Å². The van der Waals surface area contributed by atoms with E-state index in [2.05, 4.69) is 10.1 Å². The molecular weight excluding hydrogens is 336 g/mol. The molecule has 0 spiro atoms. The molecule has 4 nitrogen and oxygen atoms in total. The van der Waals surface area contributed by atoms with Gasteiger partial charge in [-0.15, -0.1) is 11.8 Å². The highest BCUT2D eigenvalue weighted by molar-refractivity contribution is 8.00. The lowest BCUT2D eigenvalue weighted by molar-refractivity contribution is -0.139. The van der Waals surface area contributed by atoms with E-state index in [4.69, 9.17) is 0 Å². The van der Waals surface area contributed by atoms with Crippen molar-refractivity contribution in [2.45, 2.75) is 17.1 Å². The molecule has 0 saturated heterocycles. The number of nitrogens with one attached hydrogen (secondary N) is 1. The Labute approximate surface area is 142 Å². The number of amides is 1. The molecule has 0 fully saturated rings. The molecule has 0 saturated carbocycles. The van der Waals surface area contributed by atoms with Crippen LogP contribution in [-0.2, 0) is 9.53 Å². The van der Waals surface area contributed by atoms with Crippen LogP contribution in [0, 0.1) is 11.6 Å². The van der Waals surface area contributed by atoms with Crippen molar-refractivity contribution in [3.8, 4) is 0 Å². The molecule has 7 heteroatoms. The molecule has 0 aliphatic heterocycles. The molecule has 0 aromatic heterocycles. The topological polar surface area (TPSA) is 55.4 Å². The summed E-state index contributed by atoms with van der Waals surface area (Å²) >= 11 is 1.15. The zero-order valence-corrected chi connectivity index (χ0v) is 13.8. The van der Waals surface area contributed by atoms with Gasteiger partial charge >= 0.3 is 5.97 Å². The third kappa shape index (κ3) is 4.32. The van der Waals surface area contributed by atoms with Gasteiger partial charge in [0.25, 0.3) is 5.91 Å². The second-order valence-corrected chi connectivity index (χ2v) is 6.24. The van der Waals surface area contributed by atoms with Crippen molar-refractivity contribution >= 4 is 29.3 Å². The fourth-order valence-corrected chi connectivity index (χ4v) is 2.96. The first-order valence-corrected chi connectivity index (χ1v) is 7.90. The zero-order valence-electron chi connectivity index (χ0n) is 13.0. The van der Waals surface area contributed by atoms with E-state index < -0.39 is 28.8 Å². The fourth-order valence-electron chi connectivity index (χ4n) is 1.94. The lowest BCUT2D eigenvalue weighted by Crippen LogP contribution is -2.17. The minimum Gasteiger partial charge on any atom is -0.468 e. The zero-order chi connectivity index (χ0) is 17.7. The van der Waals surface area contributed by atoms with Gasteiger partial charge < -0.3 is 10.1 Å². The molecule has 2 rings (SSSR count). The Morgan fingerprint density at radius 3 is 2.58 bits per heavy atom. The van der Waals surface area contributed by atoms with Gasteiger partial charge in [0.15, 0.2) is 0 Å². The smallest absolute Gasteiger partial charge is 0.318 e. The van der Waals surface area contributed by atoms with Crippen LogP contribution in [0.5, 0.6) is 0 Å². The molecule has 1 N–H and O–H groups in total. The molecular formula is C17H15F2NO3S. The number of carbonyl (C=O) groups is 2. The summed E-state index contributed by atoms with van der Waals surface area (Å²) in [4.78, 5) is 24.5. The summed E-state index contributed by atoms with van der Waals surface area (Å²) < 4.78 is 31.5. The Hall–Kier alpha value is -2.41. The van der Waals surface area contributed by atoms with Crippen LogP contribution in [0.4, 0.5) is 14.5 Å². The predicted molar refractivity (Wildman–Crippen MR) is 88.1 cm³/mol. The molecule has 1 atom stereocenters. The first-order valence-electron chi connectivity index (χ1n) is 7.02. The number of thioether (sulfide) groups is 1. The van der Waals surface area contributed by atoms with Crippen LogP contribution in [0.25, 0.3) is 0 Å². The number of benzene rings is 2. The number of hydrogen-bond acceptors (Lipinski definition) is 4. The molecule has 1 unspecified atom stereocenters. The van der Waals surface area contributed by atoms with Gasteiger partial charge in [-0.1, -0.05) is 12.1 Å². The molecule has 0 bridgehead atoms. The summed E-state index contributed by atoms with van der Waals surface area (Å²) in [5, 5.41) is 1.82. The van der Waals surface area contributed by atoms with E-state index in [1.165, 1.54) is 7.11 Å². The van der Waals surface area contributed by atoms with Gasteiger partial charge in [-0.25, -0.2) is 8.78 Å². The summed E-state index contributed by atoms with van der Waals surface area (Å²) in [6.45, 7) is 1.65. The van der Waals surface area contributed by atoms with Crippen molar-refractivity contribution in [1.82, 2.24) is 0 Å². The minimum absolute atomic E-state index is 0.249. The summed E-state index contributed by atoms with van der Waals surface area (Å²) in [7, 11) is 1.28. The summed E-state index contributed by atoms with van der Waals surface area (Å²) in [5.74, 6) is -2.42. The molecule has 24 heavy (non-hydrogen) atoms. The molecule has 0 radical (unpaired) electrons. The van der Waals surface area contributed by atoms with Gasteiger partial charge in [0.1, 0.15) is 16.9 Å². The van der Waals surface area contributed by atoms with E-state index in [1.54, 1.807) is 31.2 Å². The average molecular weight is 351 g/mol. The quantitative estimate of drug-likeness (QED) is 0.656. The second-order valence-electron chi connectivity index (χ2n) is 4.86. The number of carbonyl (C=O) groups excluding carboxylic acids is 2. The first kappa shape index (κ1) is 17.9. The Kier molecular flexibility index (Phi) is 5.92. The number of ether oxygens (including phenoxy) is 1. The molecule has 0 heterocycles. The maximum Gasteiger partial charge on any atom is 0.318 e. The number of rotatable bonds is 5. The summed E-state index contributed by atoms with van der Waals surface area (Å²) in [5.41, 5.74) is 0.00253. The molecule has 0 aliphatic rings. The van der Waals surface area contributed by atoms with Crippen molar-refractivity contribution in [2.24, 2.45) is 0 Å². The van der Waals surface area contributed by atoms with Crippen LogP contribution in [0.3, 0.4) is 0 Å². The fraction of sp³-hybridized carbons (Fsp3) is 0.176. The molecule has 0 aliphatic carbocycles. The predicted octanol–water partition coefficient (Wildman–Crippen LogP) is 3.87. The average Bonchev–Trinajstić information content (AvgIpc) is 2.57. The number of methoxy groups -OCH3 is 1. The Morgan fingerprint density at radius 1 is 1.17 bits per heavy atom. The van der Waals surface area contributed by atoms with Crippen molar-refractivity contribution in [2.75, 3.05) is 12.4 Å². The van der Waals surface area contributed by atoms with Crippen molar-refractivity contribution in [3.63, 3.8) is 0 Å². The largest absolute Gasteiger partial charge is 0.468 e. The number of halogens is 2. The summed E-state index contributed by atoms with van der Waals surface area (Å²) in [6, 6.07) is 9.37. The monoisotopic (exact) mass is 351 g/mol. The van der Waals surface area contributed by atoms with Crippen LogP contribution in [-0.4, -0.2) is 24.2 Å². The highest BCUT2D eigenvalue weighted by atomic mass is 32.2. The van der Waals surface area contributed by atoms with Gasteiger partial charge in [0.2, 0.25) is 0 Å². The third-order valence-corrected chi connectivity index (χ3v) is 4.30. The highest BCUT2D eigenvalue weighted by Gasteiger charge is 2.19. The SMILES string of the molecule is COC(=O)C(C)Sc1ccccc1C(=O)Nc1cc(F)ccc1F. The van der Waals surface area contributed by atoms with E-state index in [0.29, 0.717) is 4.90 Å². The lowest BCUT2D eigenvalue weighted by atomic mass is 10.2. The van der Waals surface area contributed by atoms with E-state index in [9.17, 15) is 18.4 Å². The van der Waals surface area contributed by atoms with E-state index in [1.807, 2.05) is 0 Å². The molecule has 1 amide bonds. The second kappa shape index (κ2) is 7.92. The van der Waals surface area contributed by atoms with Crippen LogP contribution >= 0.6 is 11.8 Å². The van der Waals surface area contributed by atoms with E-state index in [0.717, 1.165) is 30.0 Å². The van der Waals surface area contributed by atoms with Crippen LogP contribution in [0.2, 0.25) is 0 Å². The molecule has 2 aromatic rings. The van der Waals surface area contributed by atoms with Gasteiger partial charge in [-0.2, -0.15) is 0 Å². The number of hydrogen-bond donors (Lipinski definition) is 1. The van der Waals surface area contributed by atoms with Crippen LogP contribution < -0.4 is 5.32 Å². The maximum absolute atomic E-state index is 13.7. The Balaban J connectivity index is 2.23. The van der Waals surface area contributed by atoms with Gasteiger partial charge in [0, 0.05) is 11.0 Å². The third-order valence-electron chi connectivity index (χ3n) is 3.15. The van der Waals surface area contributed by atoms with Gasteiger partial charge in [-0.3, -0.25) is 9.59 Å². The Morgan fingerprint density at radius 2 is 1.88 bits per heavy atom. The molecule has 2 aromatic carbocycles. The number of esters is 1. The first-order chi connectivity index (χ1) is 11.4. The lowest BCUT2D eigenvalue weighted by Gasteiger charge is -2.13. The van der Waals surface area contributed by atoms with Gasteiger partial charge in [0.05, 0.1) is 18.4 Å². The van der Waals surface area contributed by atoms with Crippen molar-refractivity contribution in [3.05, 3.63) is 59.7 Å². The summed E-state index contributed by atoms with van der Waals surface area (Å²) in [6.07, 6.45) is 0. The van der Waals surface area contributed by atoms with Crippen molar-refractivity contribution < 1.29 is 23.1 Å². The maximum atomic E-state index is 13.7. The Bertz CT molecular complexity index is 767. The minimum atomic E-state index is -0.738. The highest BCUT2D eigenvalue weighted by Crippen LogP contribution is 2.28.